The zero-order valence-electron chi connectivity index (χ0n) is 13.5. The Labute approximate surface area is 136 Å². The summed E-state index contributed by atoms with van der Waals surface area (Å²) >= 11 is 6.17. The molecule has 0 aromatic heterocycles. The van der Waals surface area contributed by atoms with Crippen molar-refractivity contribution in [2.45, 2.75) is 27.2 Å². The van der Waals surface area contributed by atoms with Gasteiger partial charge in [-0.1, -0.05) is 17.7 Å². The van der Waals surface area contributed by atoms with E-state index in [1.165, 1.54) is 11.8 Å². The second-order valence-corrected chi connectivity index (χ2v) is 5.68. The number of benzene rings is 1. The number of anilines is 1. The number of aryl methyl sites for hydroxylation is 2. The monoisotopic (exact) mass is 326 g/mol. The molecule has 0 spiro atoms. The highest BCUT2D eigenvalue weighted by atomic mass is 35.5. The van der Waals surface area contributed by atoms with Crippen molar-refractivity contribution in [1.82, 2.24) is 4.90 Å². The summed E-state index contributed by atoms with van der Waals surface area (Å²) in [6.07, 6.45) is 0.688. The Bertz CT molecular complexity index is 523. The lowest BCUT2D eigenvalue weighted by molar-refractivity contribution is -0.132. The predicted molar refractivity (Wildman–Crippen MR) is 88.3 cm³/mol. The van der Waals surface area contributed by atoms with E-state index in [1.807, 2.05) is 19.9 Å². The maximum absolute atomic E-state index is 12.2. The third-order valence-electron chi connectivity index (χ3n) is 3.25. The van der Waals surface area contributed by atoms with Crippen molar-refractivity contribution >= 4 is 29.1 Å². The van der Waals surface area contributed by atoms with Gasteiger partial charge in [0, 0.05) is 27.2 Å². The SMILES string of the molecule is COCCCN(CC(=O)Nc1c(C)cc(C)cc1Cl)C(C)=O. The maximum atomic E-state index is 12.2. The number of ether oxygens (including phenoxy) is 1. The van der Waals surface area contributed by atoms with Crippen molar-refractivity contribution in [3.05, 3.63) is 28.3 Å². The summed E-state index contributed by atoms with van der Waals surface area (Å²) in [6, 6.07) is 3.74. The third-order valence-corrected chi connectivity index (χ3v) is 3.55. The summed E-state index contributed by atoms with van der Waals surface area (Å²) in [4.78, 5) is 25.2. The van der Waals surface area contributed by atoms with Gasteiger partial charge >= 0.3 is 0 Å². The number of rotatable bonds is 7. The molecule has 2 amide bonds. The summed E-state index contributed by atoms with van der Waals surface area (Å²) in [5.74, 6) is -0.403. The molecule has 0 atom stereocenters. The Balaban J connectivity index is 2.70. The van der Waals surface area contributed by atoms with Crippen molar-refractivity contribution in [2.24, 2.45) is 0 Å². The number of hydrogen-bond acceptors (Lipinski definition) is 3. The van der Waals surface area contributed by atoms with Gasteiger partial charge in [0.2, 0.25) is 11.8 Å². The van der Waals surface area contributed by atoms with E-state index in [-0.39, 0.29) is 18.4 Å². The highest BCUT2D eigenvalue weighted by Crippen LogP contribution is 2.27. The number of carbonyl (C=O) groups is 2. The third kappa shape index (κ3) is 5.66. The molecule has 0 aliphatic heterocycles. The maximum Gasteiger partial charge on any atom is 0.244 e. The lowest BCUT2D eigenvalue weighted by atomic mass is 10.1. The van der Waals surface area contributed by atoms with E-state index < -0.39 is 0 Å². The Morgan fingerprint density at radius 1 is 1.32 bits per heavy atom. The summed E-state index contributed by atoms with van der Waals surface area (Å²) in [6.45, 7) is 6.31. The van der Waals surface area contributed by atoms with Crippen molar-refractivity contribution in [1.29, 1.82) is 0 Å². The average molecular weight is 327 g/mol. The van der Waals surface area contributed by atoms with Crippen LogP contribution in [-0.4, -0.2) is 43.5 Å². The Kier molecular flexibility index (Phi) is 7.35. The van der Waals surface area contributed by atoms with E-state index in [0.717, 1.165) is 11.1 Å². The van der Waals surface area contributed by atoms with Crippen molar-refractivity contribution < 1.29 is 14.3 Å². The topological polar surface area (TPSA) is 58.6 Å². The van der Waals surface area contributed by atoms with E-state index in [0.29, 0.717) is 30.3 Å². The number of nitrogens with zero attached hydrogens (tertiary/aromatic N) is 1. The molecule has 0 radical (unpaired) electrons. The van der Waals surface area contributed by atoms with E-state index in [4.69, 9.17) is 16.3 Å². The number of carbonyl (C=O) groups excluding carboxylic acids is 2. The molecule has 0 heterocycles. The van der Waals surface area contributed by atoms with Gasteiger partial charge in [-0.3, -0.25) is 9.59 Å². The van der Waals surface area contributed by atoms with Crippen LogP contribution in [0.2, 0.25) is 5.02 Å². The van der Waals surface area contributed by atoms with E-state index in [2.05, 4.69) is 5.32 Å². The fraction of sp³-hybridized carbons (Fsp3) is 0.500. The Hall–Kier alpha value is -1.59. The molecule has 1 aromatic carbocycles. The molecule has 5 nitrogen and oxygen atoms in total. The summed E-state index contributed by atoms with van der Waals surface area (Å²) in [7, 11) is 1.60. The first kappa shape index (κ1) is 18.5. The quantitative estimate of drug-likeness (QED) is 0.784. The Morgan fingerprint density at radius 2 is 2.00 bits per heavy atom. The van der Waals surface area contributed by atoms with E-state index in [1.54, 1.807) is 13.2 Å². The van der Waals surface area contributed by atoms with Crippen LogP contribution in [0.25, 0.3) is 0 Å². The van der Waals surface area contributed by atoms with Crippen LogP contribution < -0.4 is 5.32 Å². The molecule has 0 saturated carbocycles. The average Bonchev–Trinajstić information content (AvgIpc) is 2.41. The van der Waals surface area contributed by atoms with Crippen molar-refractivity contribution in [2.75, 3.05) is 32.1 Å². The molecular weight excluding hydrogens is 304 g/mol. The fourth-order valence-electron chi connectivity index (χ4n) is 2.17. The molecular formula is C16H23ClN2O3. The van der Waals surface area contributed by atoms with Gasteiger partial charge in [-0.15, -0.1) is 0 Å². The molecule has 0 bridgehead atoms. The molecule has 1 rings (SSSR count). The second kappa shape index (κ2) is 8.76. The van der Waals surface area contributed by atoms with E-state index in [9.17, 15) is 9.59 Å². The van der Waals surface area contributed by atoms with Gasteiger partial charge in [-0.05, 0) is 37.5 Å². The van der Waals surface area contributed by atoms with Gasteiger partial charge in [0.1, 0.15) is 0 Å². The minimum absolute atomic E-state index is 0.00267. The Morgan fingerprint density at radius 3 is 2.55 bits per heavy atom. The first-order chi connectivity index (χ1) is 10.3. The van der Waals surface area contributed by atoms with Gasteiger partial charge in [-0.25, -0.2) is 0 Å². The predicted octanol–water partition coefficient (Wildman–Crippen LogP) is 2.78. The van der Waals surface area contributed by atoms with Gasteiger partial charge in [-0.2, -0.15) is 0 Å². The number of amides is 2. The molecule has 0 unspecified atom stereocenters. The molecule has 1 aromatic rings. The lowest BCUT2D eigenvalue weighted by Gasteiger charge is -2.21. The van der Waals surface area contributed by atoms with Crippen molar-refractivity contribution in [3.63, 3.8) is 0 Å². The van der Waals surface area contributed by atoms with Crippen molar-refractivity contribution in [3.8, 4) is 0 Å². The highest BCUT2D eigenvalue weighted by Gasteiger charge is 2.15. The summed E-state index contributed by atoms with van der Waals surface area (Å²) in [5, 5.41) is 3.29. The molecule has 6 heteroatoms. The smallest absolute Gasteiger partial charge is 0.244 e. The largest absolute Gasteiger partial charge is 0.385 e. The zero-order chi connectivity index (χ0) is 16.7. The number of hydrogen-bond donors (Lipinski definition) is 1. The lowest BCUT2D eigenvalue weighted by Crippen LogP contribution is -2.37. The van der Waals surface area contributed by atoms with Gasteiger partial charge in [0.15, 0.2) is 0 Å². The number of halogens is 1. The molecule has 0 aliphatic carbocycles. The van der Waals surface area contributed by atoms with Crippen LogP contribution in [0.5, 0.6) is 0 Å². The van der Waals surface area contributed by atoms with Crippen LogP contribution in [0.4, 0.5) is 5.69 Å². The number of methoxy groups -OCH3 is 1. The van der Waals surface area contributed by atoms with E-state index >= 15 is 0 Å². The zero-order valence-corrected chi connectivity index (χ0v) is 14.3. The molecule has 0 fully saturated rings. The normalized spacial score (nSPS) is 10.4. The highest BCUT2D eigenvalue weighted by molar-refractivity contribution is 6.34. The van der Waals surface area contributed by atoms with Crippen LogP contribution in [0.3, 0.4) is 0 Å². The summed E-state index contributed by atoms with van der Waals surface area (Å²) in [5.41, 5.74) is 2.52. The molecule has 22 heavy (non-hydrogen) atoms. The molecule has 0 saturated heterocycles. The minimum atomic E-state index is -0.263. The van der Waals surface area contributed by atoms with Gasteiger partial charge < -0.3 is 15.0 Å². The fourth-order valence-corrected chi connectivity index (χ4v) is 2.54. The first-order valence-electron chi connectivity index (χ1n) is 7.16. The van der Waals surface area contributed by atoms with Crippen LogP contribution in [-0.2, 0) is 14.3 Å². The second-order valence-electron chi connectivity index (χ2n) is 5.27. The standard InChI is InChI=1S/C16H23ClN2O3/c1-11-8-12(2)16(14(17)9-11)18-15(21)10-19(13(3)20)6-5-7-22-4/h8-9H,5-7,10H2,1-4H3,(H,18,21). The minimum Gasteiger partial charge on any atom is -0.385 e. The van der Waals surface area contributed by atoms with Crippen LogP contribution in [0.1, 0.15) is 24.5 Å². The van der Waals surface area contributed by atoms with Crippen LogP contribution >= 0.6 is 11.6 Å². The van der Waals surface area contributed by atoms with Crippen LogP contribution in [0, 0.1) is 13.8 Å². The summed E-state index contributed by atoms with van der Waals surface area (Å²) < 4.78 is 4.96. The molecule has 1 N–H and O–H groups in total. The van der Waals surface area contributed by atoms with Gasteiger partial charge in [0.05, 0.1) is 17.3 Å². The van der Waals surface area contributed by atoms with Crippen LogP contribution in [0.15, 0.2) is 12.1 Å². The molecule has 122 valence electrons. The molecule has 0 aliphatic rings. The number of nitrogens with one attached hydrogen (secondary N) is 1. The first-order valence-corrected chi connectivity index (χ1v) is 7.54. The van der Waals surface area contributed by atoms with Gasteiger partial charge in [0.25, 0.3) is 0 Å².